The van der Waals surface area contributed by atoms with E-state index in [1.54, 1.807) is 7.11 Å². The molecule has 84 valence electrons. The Balaban J connectivity index is 2.24. The summed E-state index contributed by atoms with van der Waals surface area (Å²) < 4.78 is 7.10. The fourth-order valence-corrected chi connectivity index (χ4v) is 1.46. The maximum atomic E-state index is 5.10. The number of pyridine rings is 1. The third kappa shape index (κ3) is 2.85. The van der Waals surface area contributed by atoms with Crippen molar-refractivity contribution in [1.82, 2.24) is 0 Å². The van der Waals surface area contributed by atoms with Crippen LogP contribution in [0.5, 0.6) is 5.75 Å². The predicted molar refractivity (Wildman–Crippen MR) is 66.6 cm³/mol. The van der Waals surface area contributed by atoms with Crippen LogP contribution in [0.1, 0.15) is 11.3 Å². The first-order valence-corrected chi connectivity index (χ1v) is 5.40. The van der Waals surface area contributed by atoms with E-state index in [1.165, 1.54) is 0 Å². The van der Waals surface area contributed by atoms with E-state index in [9.17, 15) is 0 Å². The summed E-state index contributed by atoms with van der Waals surface area (Å²) >= 11 is 0. The number of rotatable bonds is 1. The Kier molecular flexibility index (Phi) is 3.42. The molecule has 1 heterocycles. The summed E-state index contributed by atoms with van der Waals surface area (Å²) in [7, 11) is 3.64. The number of hydrogen-bond donors (Lipinski definition) is 0. The normalized spacial score (nSPS) is 9.29. The molecule has 0 radical (unpaired) electrons. The highest BCUT2D eigenvalue weighted by Crippen LogP contribution is 2.10. The molecule has 2 rings (SSSR count). The molecule has 0 N–H and O–H groups in total. The number of hydrogen-bond acceptors (Lipinski definition) is 1. The van der Waals surface area contributed by atoms with Crippen molar-refractivity contribution >= 4 is 0 Å². The van der Waals surface area contributed by atoms with Gasteiger partial charge in [-0.1, -0.05) is 5.92 Å². The zero-order chi connectivity index (χ0) is 12.1. The summed E-state index contributed by atoms with van der Waals surface area (Å²) in [6, 6.07) is 13.7. The second-order valence-corrected chi connectivity index (χ2v) is 3.68. The van der Waals surface area contributed by atoms with Gasteiger partial charge in [-0.2, -0.15) is 4.57 Å². The van der Waals surface area contributed by atoms with Gasteiger partial charge in [0.05, 0.1) is 7.11 Å². The SMILES string of the molecule is COc1ccc(C#Cc2cccc[n+]2C)cc1. The monoisotopic (exact) mass is 224 g/mol. The Morgan fingerprint density at radius 3 is 2.41 bits per heavy atom. The molecule has 0 saturated heterocycles. The van der Waals surface area contributed by atoms with Crippen molar-refractivity contribution in [1.29, 1.82) is 0 Å². The predicted octanol–water partition coefficient (Wildman–Crippen LogP) is 1.92. The molecule has 1 aromatic carbocycles. The molecule has 0 aliphatic heterocycles. The molecule has 0 spiro atoms. The Morgan fingerprint density at radius 1 is 1.00 bits per heavy atom. The Hall–Kier alpha value is -2.27. The molecule has 1 aromatic heterocycles. The van der Waals surface area contributed by atoms with Crippen molar-refractivity contribution in [3.8, 4) is 17.6 Å². The second-order valence-electron chi connectivity index (χ2n) is 3.68. The van der Waals surface area contributed by atoms with Crippen LogP contribution in [0.15, 0.2) is 48.7 Å². The van der Waals surface area contributed by atoms with Crippen molar-refractivity contribution < 1.29 is 9.30 Å². The van der Waals surface area contributed by atoms with Crippen LogP contribution in [0.2, 0.25) is 0 Å². The minimum Gasteiger partial charge on any atom is -0.497 e. The van der Waals surface area contributed by atoms with Crippen LogP contribution in [-0.2, 0) is 7.05 Å². The van der Waals surface area contributed by atoms with Gasteiger partial charge in [-0.3, -0.25) is 0 Å². The van der Waals surface area contributed by atoms with Crippen molar-refractivity contribution in [2.45, 2.75) is 0 Å². The maximum Gasteiger partial charge on any atom is 0.256 e. The molecule has 2 aromatic rings. The maximum absolute atomic E-state index is 5.10. The third-order valence-corrected chi connectivity index (χ3v) is 2.48. The van der Waals surface area contributed by atoms with E-state index in [1.807, 2.05) is 60.3 Å². The van der Waals surface area contributed by atoms with Gasteiger partial charge in [-0.25, -0.2) is 0 Å². The standard InChI is InChI=1S/C15H14NO/c1-16-12-4-3-5-14(16)9-6-13-7-10-15(17-2)11-8-13/h3-5,7-8,10-12H,1-2H3/q+1. The Labute approximate surface area is 101 Å². The summed E-state index contributed by atoms with van der Waals surface area (Å²) in [6.45, 7) is 0. The van der Waals surface area contributed by atoms with Crippen molar-refractivity contribution in [3.05, 3.63) is 59.9 Å². The van der Waals surface area contributed by atoms with Gasteiger partial charge in [-0.05, 0) is 30.3 Å². The van der Waals surface area contributed by atoms with Crippen LogP contribution in [0, 0.1) is 11.8 Å². The van der Waals surface area contributed by atoms with Crippen LogP contribution in [0.3, 0.4) is 0 Å². The molecule has 0 unspecified atom stereocenters. The molecule has 0 amide bonds. The van der Waals surface area contributed by atoms with Crippen LogP contribution in [-0.4, -0.2) is 7.11 Å². The summed E-state index contributed by atoms with van der Waals surface area (Å²) in [6.07, 6.45) is 1.98. The topological polar surface area (TPSA) is 13.1 Å². The molecule has 0 aliphatic carbocycles. The second kappa shape index (κ2) is 5.18. The molecular weight excluding hydrogens is 210 g/mol. The average Bonchev–Trinajstić information content (AvgIpc) is 2.38. The van der Waals surface area contributed by atoms with E-state index < -0.39 is 0 Å². The lowest BCUT2D eigenvalue weighted by atomic mass is 10.2. The van der Waals surface area contributed by atoms with Crippen molar-refractivity contribution in [3.63, 3.8) is 0 Å². The van der Waals surface area contributed by atoms with Crippen LogP contribution in [0.4, 0.5) is 0 Å². The zero-order valence-corrected chi connectivity index (χ0v) is 9.97. The van der Waals surface area contributed by atoms with Crippen LogP contribution < -0.4 is 9.30 Å². The summed E-state index contributed by atoms with van der Waals surface area (Å²) in [4.78, 5) is 0. The van der Waals surface area contributed by atoms with Crippen LogP contribution in [0.25, 0.3) is 0 Å². The van der Waals surface area contributed by atoms with E-state index in [0.717, 1.165) is 17.0 Å². The van der Waals surface area contributed by atoms with Gasteiger partial charge in [0.15, 0.2) is 6.20 Å². The van der Waals surface area contributed by atoms with E-state index in [2.05, 4.69) is 11.8 Å². The lowest BCUT2D eigenvalue weighted by Gasteiger charge is -1.97. The fraction of sp³-hybridized carbons (Fsp3) is 0.133. The van der Waals surface area contributed by atoms with Gasteiger partial charge in [0.25, 0.3) is 5.69 Å². The van der Waals surface area contributed by atoms with Gasteiger partial charge in [0.2, 0.25) is 0 Å². The number of aryl methyl sites for hydroxylation is 1. The van der Waals surface area contributed by atoms with E-state index in [-0.39, 0.29) is 0 Å². The van der Waals surface area contributed by atoms with Gasteiger partial charge in [-0.15, -0.1) is 0 Å². The van der Waals surface area contributed by atoms with Gasteiger partial charge in [0, 0.05) is 23.6 Å². The summed E-state index contributed by atoms with van der Waals surface area (Å²) in [5, 5.41) is 0. The van der Waals surface area contributed by atoms with Crippen molar-refractivity contribution in [2.24, 2.45) is 7.05 Å². The highest BCUT2D eigenvalue weighted by atomic mass is 16.5. The first kappa shape index (κ1) is 11.2. The minimum atomic E-state index is 0.848. The number of benzene rings is 1. The van der Waals surface area contributed by atoms with E-state index >= 15 is 0 Å². The molecule has 0 aliphatic rings. The Morgan fingerprint density at radius 2 is 1.76 bits per heavy atom. The molecule has 17 heavy (non-hydrogen) atoms. The first-order chi connectivity index (χ1) is 8.29. The van der Waals surface area contributed by atoms with Gasteiger partial charge >= 0.3 is 0 Å². The molecule has 2 heteroatoms. The fourth-order valence-electron chi connectivity index (χ4n) is 1.46. The molecule has 0 bridgehead atoms. The summed E-state index contributed by atoms with van der Waals surface area (Å²) in [5.41, 5.74) is 1.97. The van der Waals surface area contributed by atoms with E-state index in [0.29, 0.717) is 0 Å². The number of nitrogens with zero attached hydrogens (tertiary/aromatic N) is 1. The van der Waals surface area contributed by atoms with Crippen LogP contribution >= 0.6 is 0 Å². The molecule has 0 fully saturated rings. The molecule has 0 saturated carbocycles. The third-order valence-electron chi connectivity index (χ3n) is 2.48. The first-order valence-electron chi connectivity index (χ1n) is 5.40. The van der Waals surface area contributed by atoms with Gasteiger partial charge < -0.3 is 4.74 Å². The van der Waals surface area contributed by atoms with Gasteiger partial charge in [0.1, 0.15) is 12.8 Å². The number of aromatic nitrogens is 1. The highest BCUT2D eigenvalue weighted by molar-refractivity contribution is 5.41. The quantitative estimate of drug-likeness (QED) is 0.533. The molecule has 0 atom stereocenters. The zero-order valence-electron chi connectivity index (χ0n) is 9.97. The lowest BCUT2D eigenvalue weighted by molar-refractivity contribution is -0.673. The highest BCUT2D eigenvalue weighted by Gasteiger charge is 1.98. The lowest BCUT2D eigenvalue weighted by Crippen LogP contribution is -2.31. The Bertz CT molecular complexity index is 561. The number of ether oxygens (including phenoxy) is 1. The largest absolute Gasteiger partial charge is 0.497 e. The molecular formula is C15H14NO+. The molecule has 2 nitrogen and oxygen atoms in total. The van der Waals surface area contributed by atoms with Crippen molar-refractivity contribution in [2.75, 3.05) is 7.11 Å². The van der Waals surface area contributed by atoms with E-state index in [4.69, 9.17) is 4.74 Å². The number of methoxy groups -OCH3 is 1. The smallest absolute Gasteiger partial charge is 0.256 e. The average molecular weight is 224 g/mol. The summed E-state index contributed by atoms with van der Waals surface area (Å²) in [5.74, 6) is 7.11. The minimum absolute atomic E-state index is 0.848.